The van der Waals surface area contributed by atoms with Gasteiger partial charge in [-0.05, 0) is 43.9 Å². The molecule has 24 heavy (non-hydrogen) atoms. The number of benzene rings is 1. The van der Waals surface area contributed by atoms with Gasteiger partial charge in [0.05, 0.1) is 6.10 Å². The molecule has 1 amide bonds. The molecular weight excluding hydrogens is 300 g/mol. The number of pyridine rings is 1. The van der Waals surface area contributed by atoms with E-state index in [1.165, 1.54) is 11.1 Å². The standard InChI is InChI=1S/C20H24N2O2/c1-14-3-5-16(6-4-14)11-17-13-22(10-8-19(17)23)20(24)18-7-9-21-12-15(18)2/h3-7,9,12,17,19,23H,8,10-11,13H2,1-2H3/t17-,19-/m1/s1. The normalized spacial score (nSPS) is 20.9. The summed E-state index contributed by atoms with van der Waals surface area (Å²) in [5.74, 6) is 0.114. The van der Waals surface area contributed by atoms with Crippen molar-refractivity contribution in [1.82, 2.24) is 9.88 Å². The number of hydrogen-bond donors (Lipinski definition) is 1. The molecule has 126 valence electrons. The number of piperidine rings is 1. The average molecular weight is 324 g/mol. The van der Waals surface area contributed by atoms with Crippen LogP contribution in [0.3, 0.4) is 0 Å². The molecule has 4 nitrogen and oxygen atoms in total. The van der Waals surface area contributed by atoms with Crippen molar-refractivity contribution in [1.29, 1.82) is 0 Å². The minimum Gasteiger partial charge on any atom is -0.393 e. The van der Waals surface area contributed by atoms with Gasteiger partial charge in [-0.15, -0.1) is 0 Å². The first kappa shape index (κ1) is 16.7. The van der Waals surface area contributed by atoms with Crippen molar-refractivity contribution in [2.24, 2.45) is 5.92 Å². The molecule has 1 aromatic heterocycles. The number of hydrogen-bond acceptors (Lipinski definition) is 3. The first-order chi connectivity index (χ1) is 11.5. The quantitative estimate of drug-likeness (QED) is 0.944. The van der Waals surface area contributed by atoms with Gasteiger partial charge in [0.15, 0.2) is 0 Å². The maximum absolute atomic E-state index is 12.8. The molecule has 1 aliphatic heterocycles. The molecule has 0 radical (unpaired) electrons. The summed E-state index contributed by atoms with van der Waals surface area (Å²) in [5.41, 5.74) is 4.03. The molecule has 0 unspecified atom stereocenters. The topological polar surface area (TPSA) is 53.4 Å². The van der Waals surface area contributed by atoms with E-state index < -0.39 is 0 Å². The summed E-state index contributed by atoms with van der Waals surface area (Å²) in [7, 11) is 0. The van der Waals surface area contributed by atoms with Gasteiger partial charge in [-0.25, -0.2) is 0 Å². The molecule has 1 N–H and O–H groups in total. The van der Waals surface area contributed by atoms with Gasteiger partial charge in [0, 0.05) is 37.0 Å². The molecule has 2 atom stereocenters. The molecule has 0 bridgehead atoms. The van der Waals surface area contributed by atoms with E-state index in [1.807, 2.05) is 11.8 Å². The number of carbonyl (C=O) groups is 1. The van der Waals surface area contributed by atoms with Crippen LogP contribution in [-0.2, 0) is 6.42 Å². The van der Waals surface area contributed by atoms with Gasteiger partial charge in [0.25, 0.3) is 5.91 Å². The summed E-state index contributed by atoms with van der Waals surface area (Å²) in [6.07, 6.45) is 4.44. The Labute approximate surface area is 143 Å². The molecule has 1 aliphatic rings. The number of aliphatic hydroxyl groups excluding tert-OH is 1. The number of amides is 1. The van der Waals surface area contributed by atoms with Gasteiger partial charge in [-0.2, -0.15) is 0 Å². The second-order valence-electron chi connectivity index (χ2n) is 6.75. The molecule has 4 heteroatoms. The molecule has 2 heterocycles. The molecule has 2 aromatic rings. The van der Waals surface area contributed by atoms with Crippen LogP contribution in [0.4, 0.5) is 0 Å². The van der Waals surface area contributed by atoms with E-state index in [1.54, 1.807) is 18.5 Å². The largest absolute Gasteiger partial charge is 0.393 e. The summed E-state index contributed by atoms with van der Waals surface area (Å²) in [4.78, 5) is 18.7. The maximum atomic E-state index is 12.8. The van der Waals surface area contributed by atoms with Crippen molar-refractivity contribution in [3.05, 3.63) is 65.0 Å². The Kier molecular flexibility index (Phi) is 4.95. The average Bonchev–Trinajstić information content (AvgIpc) is 2.59. The third-order valence-corrected chi connectivity index (χ3v) is 4.85. The monoisotopic (exact) mass is 324 g/mol. The summed E-state index contributed by atoms with van der Waals surface area (Å²) in [5, 5.41) is 10.4. The lowest BCUT2D eigenvalue weighted by Gasteiger charge is -2.36. The zero-order chi connectivity index (χ0) is 17.1. The van der Waals surface area contributed by atoms with Crippen molar-refractivity contribution >= 4 is 5.91 Å². The van der Waals surface area contributed by atoms with Crippen molar-refractivity contribution in [3.63, 3.8) is 0 Å². The number of aliphatic hydroxyl groups is 1. The molecule has 1 fully saturated rings. The number of aromatic nitrogens is 1. The number of likely N-dealkylation sites (tertiary alicyclic amines) is 1. The molecule has 0 aliphatic carbocycles. The van der Waals surface area contributed by atoms with Gasteiger partial charge < -0.3 is 10.0 Å². The van der Waals surface area contributed by atoms with Crippen LogP contribution in [0.25, 0.3) is 0 Å². The smallest absolute Gasteiger partial charge is 0.254 e. The highest BCUT2D eigenvalue weighted by Gasteiger charge is 2.31. The Morgan fingerprint density at radius 2 is 2.00 bits per heavy atom. The van der Waals surface area contributed by atoms with Crippen molar-refractivity contribution in [2.45, 2.75) is 32.8 Å². The van der Waals surface area contributed by atoms with Gasteiger partial charge in [-0.3, -0.25) is 9.78 Å². The zero-order valence-corrected chi connectivity index (χ0v) is 14.3. The van der Waals surface area contributed by atoms with Gasteiger partial charge in [0.2, 0.25) is 0 Å². The van der Waals surface area contributed by atoms with Crippen LogP contribution in [0.15, 0.2) is 42.7 Å². The van der Waals surface area contributed by atoms with Crippen molar-refractivity contribution < 1.29 is 9.90 Å². The van der Waals surface area contributed by atoms with E-state index in [4.69, 9.17) is 0 Å². The SMILES string of the molecule is Cc1ccc(C[C@@H]2CN(C(=O)c3ccncc3C)CC[C@H]2O)cc1. The van der Waals surface area contributed by atoms with E-state index in [2.05, 4.69) is 36.2 Å². The summed E-state index contributed by atoms with van der Waals surface area (Å²) in [6, 6.07) is 10.2. The van der Waals surface area contributed by atoms with Crippen molar-refractivity contribution in [2.75, 3.05) is 13.1 Å². The van der Waals surface area contributed by atoms with E-state index in [0.717, 1.165) is 12.0 Å². The first-order valence-electron chi connectivity index (χ1n) is 8.48. The van der Waals surface area contributed by atoms with E-state index in [0.29, 0.717) is 25.1 Å². The molecule has 1 saturated heterocycles. The highest BCUT2D eigenvalue weighted by molar-refractivity contribution is 5.95. The summed E-state index contributed by atoms with van der Waals surface area (Å²) >= 11 is 0. The molecule has 3 rings (SSSR count). The Morgan fingerprint density at radius 3 is 2.71 bits per heavy atom. The van der Waals surface area contributed by atoms with E-state index in [-0.39, 0.29) is 17.9 Å². The third-order valence-electron chi connectivity index (χ3n) is 4.85. The Balaban J connectivity index is 1.72. The summed E-state index contributed by atoms with van der Waals surface area (Å²) < 4.78 is 0. The zero-order valence-electron chi connectivity index (χ0n) is 14.3. The lowest BCUT2D eigenvalue weighted by Crippen LogP contribution is -2.46. The van der Waals surface area contributed by atoms with E-state index in [9.17, 15) is 9.90 Å². The fourth-order valence-corrected chi connectivity index (χ4v) is 3.32. The van der Waals surface area contributed by atoms with Gasteiger partial charge in [0.1, 0.15) is 0 Å². The molecule has 0 saturated carbocycles. The lowest BCUT2D eigenvalue weighted by molar-refractivity contribution is 0.0241. The second-order valence-corrected chi connectivity index (χ2v) is 6.75. The van der Waals surface area contributed by atoms with E-state index >= 15 is 0 Å². The highest BCUT2D eigenvalue weighted by Crippen LogP contribution is 2.23. The van der Waals surface area contributed by atoms with Crippen LogP contribution in [0.5, 0.6) is 0 Å². The van der Waals surface area contributed by atoms with Crippen LogP contribution in [0.1, 0.15) is 33.5 Å². The van der Waals surface area contributed by atoms with Crippen LogP contribution in [-0.4, -0.2) is 40.1 Å². The summed E-state index contributed by atoms with van der Waals surface area (Å²) in [6.45, 7) is 5.17. The van der Waals surface area contributed by atoms with Crippen molar-refractivity contribution in [3.8, 4) is 0 Å². The second kappa shape index (κ2) is 7.14. The lowest BCUT2D eigenvalue weighted by atomic mass is 9.88. The Morgan fingerprint density at radius 1 is 1.25 bits per heavy atom. The van der Waals surface area contributed by atoms with Crippen LogP contribution >= 0.6 is 0 Å². The maximum Gasteiger partial charge on any atom is 0.254 e. The number of aryl methyl sites for hydroxylation is 2. The predicted molar refractivity (Wildman–Crippen MR) is 93.9 cm³/mol. The predicted octanol–water partition coefficient (Wildman–Crippen LogP) is 2.76. The minimum absolute atomic E-state index is 0.0377. The van der Waals surface area contributed by atoms with Crippen LogP contribution < -0.4 is 0 Å². The Hall–Kier alpha value is -2.20. The Bertz CT molecular complexity index is 712. The highest BCUT2D eigenvalue weighted by atomic mass is 16.3. The fraction of sp³-hybridized carbons (Fsp3) is 0.400. The van der Waals surface area contributed by atoms with Crippen LogP contribution in [0, 0.1) is 19.8 Å². The molecule has 1 aromatic carbocycles. The molecular formula is C20H24N2O2. The van der Waals surface area contributed by atoms with Crippen LogP contribution in [0.2, 0.25) is 0 Å². The third kappa shape index (κ3) is 3.65. The fourth-order valence-electron chi connectivity index (χ4n) is 3.32. The number of nitrogens with zero attached hydrogens (tertiary/aromatic N) is 2. The first-order valence-corrected chi connectivity index (χ1v) is 8.48. The number of rotatable bonds is 3. The van der Waals surface area contributed by atoms with Gasteiger partial charge >= 0.3 is 0 Å². The molecule has 0 spiro atoms. The van der Waals surface area contributed by atoms with Gasteiger partial charge in [-0.1, -0.05) is 29.8 Å². The number of carbonyl (C=O) groups excluding carboxylic acids is 1. The minimum atomic E-state index is -0.353.